The Hall–Kier alpha value is 0.690. The molecule has 0 aliphatic carbocycles. The molecule has 0 aromatic carbocycles. The zero-order valence-electron chi connectivity index (χ0n) is 8.60. The second-order valence-electron chi connectivity index (χ2n) is 4.31. The Kier molecular flexibility index (Phi) is 4.36. The molecular formula is C5H16O7P3+. The molecule has 10 heteroatoms. The smallest absolute Gasteiger partial charge is 0.365 e. The minimum Gasteiger partial charge on any atom is -0.365 e. The van der Waals surface area contributed by atoms with Crippen molar-refractivity contribution in [1.29, 1.82) is 0 Å². The highest BCUT2D eigenvalue weighted by atomic mass is 31.2. The van der Waals surface area contributed by atoms with Crippen LogP contribution in [0, 0.1) is 0 Å². The van der Waals surface area contributed by atoms with Gasteiger partial charge in [0.1, 0.15) is 6.16 Å². The number of aliphatic hydroxyl groups is 1. The summed E-state index contributed by atoms with van der Waals surface area (Å²) in [6, 6.07) is 0. The molecule has 0 bridgehead atoms. The van der Waals surface area contributed by atoms with E-state index in [0.29, 0.717) is 0 Å². The fourth-order valence-corrected chi connectivity index (χ4v) is 7.64. The topological polar surface area (TPSA) is 135 Å². The van der Waals surface area contributed by atoms with Crippen LogP contribution in [0.3, 0.4) is 0 Å². The van der Waals surface area contributed by atoms with E-state index in [9.17, 15) is 14.2 Å². The first-order valence-corrected chi connectivity index (χ1v) is 10.4. The normalized spacial score (nSPS) is 15.5. The van der Waals surface area contributed by atoms with E-state index in [0.717, 1.165) is 0 Å². The van der Waals surface area contributed by atoms with Crippen LogP contribution in [0.5, 0.6) is 0 Å². The van der Waals surface area contributed by atoms with E-state index in [1.54, 1.807) is 20.0 Å². The van der Waals surface area contributed by atoms with Gasteiger partial charge in [-0.15, -0.1) is 0 Å². The van der Waals surface area contributed by atoms with E-state index in [2.05, 4.69) is 0 Å². The van der Waals surface area contributed by atoms with Gasteiger partial charge in [0.25, 0.3) is 0 Å². The highest BCUT2D eigenvalue weighted by molar-refractivity contribution is 7.78. The van der Waals surface area contributed by atoms with E-state index >= 15 is 0 Å². The molecule has 0 spiro atoms. The van der Waals surface area contributed by atoms with Gasteiger partial charge in [0.15, 0.2) is 0 Å². The van der Waals surface area contributed by atoms with Gasteiger partial charge in [0, 0.05) is 27.3 Å². The van der Waals surface area contributed by atoms with Crippen molar-refractivity contribution in [1.82, 2.24) is 0 Å². The molecule has 0 aliphatic rings. The van der Waals surface area contributed by atoms with Crippen molar-refractivity contribution < 1.29 is 33.8 Å². The van der Waals surface area contributed by atoms with Crippen molar-refractivity contribution in [2.75, 3.05) is 26.2 Å². The van der Waals surface area contributed by atoms with E-state index in [-0.39, 0.29) is 0 Å². The number of hydrogen-bond donors (Lipinski definition) is 5. The van der Waals surface area contributed by atoms with E-state index in [1.165, 1.54) is 0 Å². The average molecular weight is 281 g/mol. The van der Waals surface area contributed by atoms with Crippen LogP contribution >= 0.6 is 22.5 Å². The van der Waals surface area contributed by atoms with Gasteiger partial charge in [-0.05, 0) is 0 Å². The molecule has 0 aliphatic heterocycles. The van der Waals surface area contributed by atoms with Crippen molar-refractivity contribution in [2.45, 2.75) is 5.08 Å². The highest BCUT2D eigenvalue weighted by Crippen LogP contribution is 2.72. The summed E-state index contributed by atoms with van der Waals surface area (Å²) < 4.78 is 21.9. The predicted molar refractivity (Wildman–Crippen MR) is 58.6 cm³/mol. The molecule has 0 saturated heterocycles. The maximum absolute atomic E-state index is 10.9. The fourth-order valence-electron chi connectivity index (χ4n) is 0.990. The molecule has 92 valence electrons. The second-order valence-corrected chi connectivity index (χ2v) is 13.2. The maximum atomic E-state index is 10.9. The largest absolute Gasteiger partial charge is 0.373 e. The van der Waals surface area contributed by atoms with Gasteiger partial charge >= 0.3 is 20.3 Å². The summed E-state index contributed by atoms with van der Waals surface area (Å²) in [5.74, 6) is 0. The van der Waals surface area contributed by atoms with Crippen LogP contribution in [0.1, 0.15) is 0 Å². The molecule has 5 N–H and O–H groups in total. The van der Waals surface area contributed by atoms with Crippen LogP contribution in [0.15, 0.2) is 0 Å². The van der Waals surface area contributed by atoms with Crippen molar-refractivity contribution in [3.05, 3.63) is 0 Å². The summed E-state index contributed by atoms with van der Waals surface area (Å²) in [6.07, 6.45) is -0.589. The lowest BCUT2D eigenvalue weighted by Crippen LogP contribution is -2.33. The second kappa shape index (κ2) is 4.17. The predicted octanol–water partition coefficient (Wildman–Crippen LogP) is -0.105. The van der Waals surface area contributed by atoms with Gasteiger partial charge in [-0.3, -0.25) is 9.13 Å². The third-order valence-electron chi connectivity index (χ3n) is 1.62. The first kappa shape index (κ1) is 15.7. The van der Waals surface area contributed by atoms with Gasteiger partial charge in [-0.2, -0.15) is 0 Å². The molecule has 0 radical (unpaired) electrons. The monoisotopic (exact) mass is 281 g/mol. The van der Waals surface area contributed by atoms with Crippen molar-refractivity contribution in [2.24, 2.45) is 0 Å². The molecule has 0 amide bonds. The van der Waals surface area contributed by atoms with Crippen molar-refractivity contribution >= 4 is 22.5 Å². The summed E-state index contributed by atoms with van der Waals surface area (Å²) in [5.41, 5.74) is 0. The first-order chi connectivity index (χ1) is 6.21. The molecule has 0 atom stereocenters. The minimum atomic E-state index is -5.29. The van der Waals surface area contributed by atoms with Gasteiger partial charge < -0.3 is 24.7 Å². The van der Waals surface area contributed by atoms with E-state index < -0.39 is 33.7 Å². The van der Waals surface area contributed by atoms with Gasteiger partial charge in [0.2, 0.25) is 0 Å². The van der Waals surface area contributed by atoms with Crippen LogP contribution < -0.4 is 0 Å². The molecule has 7 nitrogen and oxygen atoms in total. The summed E-state index contributed by atoms with van der Waals surface area (Å²) in [4.78, 5) is 35.3. The van der Waals surface area contributed by atoms with E-state index in [4.69, 9.17) is 19.6 Å². The van der Waals surface area contributed by atoms with Gasteiger partial charge in [0.05, 0.1) is 0 Å². The molecule has 0 aromatic rings. The summed E-state index contributed by atoms with van der Waals surface area (Å²) in [7, 11) is -12.5. The summed E-state index contributed by atoms with van der Waals surface area (Å²) in [6.45, 7) is 4.84. The van der Waals surface area contributed by atoms with Crippen LogP contribution in [-0.2, 0) is 9.13 Å². The Balaban J connectivity index is 5.46. The van der Waals surface area contributed by atoms with Crippen LogP contribution in [0.25, 0.3) is 0 Å². The van der Waals surface area contributed by atoms with Crippen LogP contribution in [0.4, 0.5) is 0 Å². The quantitative estimate of drug-likeness (QED) is 0.454. The minimum absolute atomic E-state index is 0.589. The lowest BCUT2D eigenvalue weighted by Gasteiger charge is -2.30. The Morgan fingerprint density at radius 2 is 1.27 bits per heavy atom. The van der Waals surface area contributed by atoms with Crippen molar-refractivity contribution in [3.63, 3.8) is 0 Å². The summed E-state index contributed by atoms with van der Waals surface area (Å²) in [5, 5.41) is 6.26. The molecule has 0 unspecified atom stereocenters. The molecule has 15 heavy (non-hydrogen) atoms. The third kappa shape index (κ3) is 3.88. The lowest BCUT2D eigenvalue weighted by molar-refractivity contribution is 0.148. The molecule has 0 saturated carbocycles. The average Bonchev–Trinajstić information content (AvgIpc) is 1.77. The molecular weight excluding hydrogens is 265 g/mol. The van der Waals surface area contributed by atoms with Crippen molar-refractivity contribution in [3.8, 4) is 0 Å². The SMILES string of the molecule is C[P+](C)(C)CC(O)(P(=O)(O)O)P(=O)(O)O. The summed E-state index contributed by atoms with van der Waals surface area (Å²) >= 11 is 0. The van der Waals surface area contributed by atoms with Crippen LogP contribution in [0.2, 0.25) is 0 Å². The first-order valence-electron chi connectivity index (χ1n) is 3.85. The number of rotatable bonds is 4. The molecule has 0 aromatic heterocycles. The Morgan fingerprint density at radius 1 is 1.00 bits per heavy atom. The fraction of sp³-hybridized carbons (Fsp3) is 1.00. The Bertz CT molecular complexity index is 298. The zero-order valence-corrected chi connectivity index (χ0v) is 11.3. The zero-order chi connectivity index (χ0) is 12.7. The highest BCUT2D eigenvalue weighted by Gasteiger charge is 2.63. The van der Waals surface area contributed by atoms with Gasteiger partial charge in [-0.25, -0.2) is 0 Å². The van der Waals surface area contributed by atoms with Crippen LogP contribution in [-0.4, -0.2) is 55.9 Å². The Morgan fingerprint density at radius 3 is 1.33 bits per heavy atom. The Labute approximate surface area is 88.2 Å². The third-order valence-corrected chi connectivity index (χ3v) is 7.27. The molecule has 0 heterocycles. The lowest BCUT2D eigenvalue weighted by atomic mass is 10.8. The van der Waals surface area contributed by atoms with Gasteiger partial charge in [-0.1, -0.05) is 0 Å². The molecule has 0 rings (SSSR count). The maximum Gasteiger partial charge on any atom is 0.373 e. The standard InChI is InChI=1S/C5H15O7P3/c1-13(2,3)4-5(6,14(7,8)9)15(10,11)12/h6H,4H2,1-3H3,(H3-,7,8,9,10,11,12)/p+1. The van der Waals surface area contributed by atoms with E-state index in [1.807, 2.05) is 0 Å². The molecule has 0 fully saturated rings. The number of hydrogen-bond acceptors (Lipinski definition) is 3.